The fraction of sp³-hybridized carbons (Fsp3) is 0.211. The van der Waals surface area contributed by atoms with Crippen LogP contribution in [0.5, 0.6) is 11.5 Å². The van der Waals surface area contributed by atoms with Gasteiger partial charge in [-0.15, -0.1) is 0 Å². The van der Waals surface area contributed by atoms with Crippen LogP contribution in [-0.2, 0) is 4.79 Å². The summed E-state index contributed by atoms with van der Waals surface area (Å²) in [6, 6.07) is 8.47. The molecule has 0 radical (unpaired) electrons. The second-order valence-corrected chi connectivity index (χ2v) is 6.04. The van der Waals surface area contributed by atoms with Gasteiger partial charge in [0.1, 0.15) is 11.5 Å². The zero-order valence-corrected chi connectivity index (χ0v) is 16.5. The Hall–Kier alpha value is -4.15. The molecule has 2 aromatic carbocycles. The van der Waals surface area contributed by atoms with Crippen LogP contribution >= 0.6 is 0 Å². The number of amides is 3. The van der Waals surface area contributed by atoms with Gasteiger partial charge in [-0.2, -0.15) is 0 Å². The third kappa shape index (κ3) is 5.67. The second kappa shape index (κ2) is 9.87. The zero-order chi connectivity index (χ0) is 22.3. The number of hydrogen-bond donors (Lipinski definition) is 3. The van der Waals surface area contributed by atoms with E-state index < -0.39 is 29.2 Å². The molecule has 0 aliphatic heterocycles. The lowest BCUT2D eigenvalue weighted by Crippen LogP contribution is -2.46. The van der Waals surface area contributed by atoms with E-state index >= 15 is 0 Å². The van der Waals surface area contributed by atoms with Gasteiger partial charge < -0.3 is 14.8 Å². The van der Waals surface area contributed by atoms with E-state index in [0.29, 0.717) is 17.1 Å². The first-order valence-electron chi connectivity index (χ1n) is 8.60. The number of hydrazine groups is 1. The molecule has 0 saturated carbocycles. The molecule has 3 N–H and O–H groups in total. The molecule has 0 aliphatic carbocycles. The van der Waals surface area contributed by atoms with Crippen molar-refractivity contribution in [3.05, 3.63) is 63.2 Å². The highest BCUT2D eigenvalue weighted by atomic mass is 16.6. The van der Waals surface area contributed by atoms with Crippen molar-refractivity contribution in [2.45, 2.75) is 6.92 Å². The van der Waals surface area contributed by atoms with Crippen molar-refractivity contribution < 1.29 is 28.8 Å². The molecular formula is C19H20N4O7. The minimum absolute atomic E-state index is 0.0348. The molecule has 158 valence electrons. The highest BCUT2D eigenvalue weighted by molar-refractivity contribution is 5.98. The van der Waals surface area contributed by atoms with E-state index in [-0.39, 0.29) is 16.8 Å². The molecular weight excluding hydrogens is 396 g/mol. The third-order valence-corrected chi connectivity index (χ3v) is 4.01. The summed E-state index contributed by atoms with van der Waals surface area (Å²) in [5.41, 5.74) is 4.79. The van der Waals surface area contributed by atoms with Gasteiger partial charge in [0.25, 0.3) is 23.4 Å². The predicted molar refractivity (Wildman–Crippen MR) is 105 cm³/mol. The highest BCUT2D eigenvalue weighted by Crippen LogP contribution is 2.22. The number of carbonyl (C=O) groups excluding carboxylic acids is 3. The summed E-state index contributed by atoms with van der Waals surface area (Å²) in [6.45, 7) is 1.09. The molecule has 11 nitrogen and oxygen atoms in total. The van der Waals surface area contributed by atoms with Gasteiger partial charge in [-0.3, -0.25) is 35.3 Å². The Balaban J connectivity index is 1.91. The van der Waals surface area contributed by atoms with Crippen molar-refractivity contribution in [3.8, 4) is 11.5 Å². The number of nitrogens with one attached hydrogen (secondary N) is 3. The number of aryl methyl sites for hydroxylation is 1. The van der Waals surface area contributed by atoms with E-state index in [4.69, 9.17) is 9.47 Å². The van der Waals surface area contributed by atoms with Crippen LogP contribution in [0, 0.1) is 17.0 Å². The zero-order valence-electron chi connectivity index (χ0n) is 16.5. The van der Waals surface area contributed by atoms with Gasteiger partial charge in [0.15, 0.2) is 0 Å². The SMILES string of the molecule is COc1cc(OC)cc(C(=O)NNC(=O)CNC(=O)c2ccc(C)c([N+](=O)[O-])c2)c1. The Labute approximate surface area is 171 Å². The normalized spacial score (nSPS) is 9.97. The van der Waals surface area contributed by atoms with E-state index in [2.05, 4.69) is 16.2 Å². The molecule has 2 rings (SSSR count). The molecule has 0 aliphatic rings. The number of benzene rings is 2. The summed E-state index contributed by atoms with van der Waals surface area (Å²) < 4.78 is 10.1. The maximum Gasteiger partial charge on any atom is 0.273 e. The van der Waals surface area contributed by atoms with Gasteiger partial charge in [-0.05, 0) is 25.1 Å². The van der Waals surface area contributed by atoms with E-state index in [0.717, 1.165) is 6.07 Å². The lowest BCUT2D eigenvalue weighted by molar-refractivity contribution is -0.385. The Morgan fingerprint density at radius 1 is 0.933 bits per heavy atom. The Morgan fingerprint density at radius 3 is 2.13 bits per heavy atom. The summed E-state index contributed by atoms with van der Waals surface area (Å²) in [7, 11) is 2.87. The van der Waals surface area contributed by atoms with Crippen LogP contribution in [0.4, 0.5) is 5.69 Å². The molecule has 0 atom stereocenters. The molecule has 0 unspecified atom stereocenters. The van der Waals surface area contributed by atoms with Crippen molar-refractivity contribution in [1.29, 1.82) is 0 Å². The molecule has 0 fully saturated rings. The number of nitro benzene ring substituents is 1. The quantitative estimate of drug-likeness (QED) is 0.452. The van der Waals surface area contributed by atoms with Crippen LogP contribution < -0.4 is 25.6 Å². The van der Waals surface area contributed by atoms with Gasteiger partial charge in [-0.25, -0.2) is 0 Å². The number of nitro groups is 1. The molecule has 11 heteroatoms. The summed E-state index contributed by atoms with van der Waals surface area (Å²) >= 11 is 0. The smallest absolute Gasteiger partial charge is 0.273 e. The molecule has 2 aromatic rings. The van der Waals surface area contributed by atoms with Gasteiger partial charge in [0.05, 0.1) is 25.7 Å². The van der Waals surface area contributed by atoms with Gasteiger partial charge in [0, 0.05) is 28.8 Å². The van der Waals surface area contributed by atoms with Crippen LogP contribution in [0.15, 0.2) is 36.4 Å². The minimum atomic E-state index is -0.701. The number of ether oxygens (including phenoxy) is 2. The summed E-state index contributed by atoms with van der Waals surface area (Å²) in [5.74, 6) is -1.21. The first-order valence-corrected chi connectivity index (χ1v) is 8.60. The highest BCUT2D eigenvalue weighted by Gasteiger charge is 2.16. The van der Waals surface area contributed by atoms with Gasteiger partial charge in [0.2, 0.25) is 0 Å². The molecule has 0 spiro atoms. The number of nitrogens with zero attached hydrogens (tertiary/aromatic N) is 1. The van der Waals surface area contributed by atoms with Gasteiger partial charge >= 0.3 is 0 Å². The number of rotatable bonds is 7. The van der Waals surface area contributed by atoms with Crippen LogP contribution in [0.1, 0.15) is 26.3 Å². The summed E-state index contributed by atoms with van der Waals surface area (Å²) in [4.78, 5) is 46.6. The monoisotopic (exact) mass is 416 g/mol. The Kier molecular flexibility index (Phi) is 7.28. The van der Waals surface area contributed by atoms with Crippen LogP contribution in [0.2, 0.25) is 0 Å². The fourth-order valence-corrected chi connectivity index (χ4v) is 2.39. The lowest BCUT2D eigenvalue weighted by Gasteiger charge is -2.11. The number of carbonyl (C=O) groups is 3. The molecule has 0 heterocycles. The maximum absolute atomic E-state index is 12.2. The summed E-state index contributed by atoms with van der Waals surface area (Å²) in [5, 5.41) is 13.3. The average Bonchev–Trinajstić information content (AvgIpc) is 2.75. The van der Waals surface area contributed by atoms with E-state index in [9.17, 15) is 24.5 Å². The first kappa shape index (κ1) is 22.1. The van der Waals surface area contributed by atoms with Crippen LogP contribution in [-0.4, -0.2) is 43.4 Å². The van der Waals surface area contributed by atoms with E-state index in [1.165, 1.54) is 38.5 Å². The molecule has 0 saturated heterocycles. The van der Waals surface area contributed by atoms with Crippen molar-refractivity contribution in [2.24, 2.45) is 0 Å². The standard InChI is InChI=1S/C19H20N4O7/c1-11-4-5-12(8-16(11)23(27)28)18(25)20-10-17(24)21-22-19(26)13-6-14(29-2)9-15(7-13)30-3/h4-9H,10H2,1-3H3,(H,20,25)(H,21,24)(H,22,26). The molecule has 3 amide bonds. The van der Waals surface area contributed by atoms with E-state index in [1.54, 1.807) is 13.0 Å². The second-order valence-electron chi connectivity index (χ2n) is 6.04. The van der Waals surface area contributed by atoms with Crippen LogP contribution in [0.25, 0.3) is 0 Å². The third-order valence-electron chi connectivity index (χ3n) is 4.01. The van der Waals surface area contributed by atoms with Gasteiger partial charge in [-0.1, -0.05) is 6.07 Å². The molecule has 30 heavy (non-hydrogen) atoms. The topological polar surface area (TPSA) is 149 Å². The molecule has 0 aromatic heterocycles. The fourth-order valence-electron chi connectivity index (χ4n) is 2.39. The van der Waals surface area contributed by atoms with Crippen molar-refractivity contribution in [3.63, 3.8) is 0 Å². The van der Waals surface area contributed by atoms with Crippen molar-refractivity contribution in [2.75, 3.05) is 20.8 Å². The maximum atomic E-state index is 12.2. The van der Waals surface area contributed by atoms with E-state index in [1.807, 2.05) is 0 Å². The van der Waals surface area contributed by atoms with Crippen molar-refractivity contribution >= 4 is 23.4 Å². The largest absolute Gasteiger partial charge is 0.497 e. The number of methoxy groups -OCH3 is 2. The van der Waals surface area contributed by atoms with Crippen molar-refractivity contribution in [1.82, 2.24) is 16.2 Å². The molecule has 0 bridgehead atoms. The Bertz CT molecular complexity index is 969. The summed E-state index contributed by atoms with van der Waals surface area (Å²) in [6.07, 6.45) is 0. The van der Waals surface area contributed by atoms with Crippen LogP contribution in [0.3, 0.4) is 0 Å². The number of hydrogen-bond acceptors (Lipinski definition) is 7. The predicted octanol–water partition coefficient (Wildman–Crippen LogP) is 1.11. The first-order chi connectivity index (χ1) is 14.2. The lowest BCUT2D eigenvalue weighted by atomic mass is 10.1. The average molecular weight is 416 g/mol. The Morgan fingerprint density at radius 2 is 1.57 bits per heavy atom. The minimum Gasteiger partial charge on any atom is -0.497 e.